The Morgan fingerprint density at radius 3 is 2.64 bits per heavy atom. The van der Waals surface area contributed by atoms with E-state index in [1.165, 1.54) is 6.07 Å². The highest BCUT2D eigenvalue weighted by Gasteiger charge is 2.32. The first kappa shape index (κ1) is 15.3. The van der Waals surface area contributed by atoms with Crippen LogP contribution in [0.5, 0.6) is 0 Å². The van der Waals surface area contributed by atoms with Gasteiger partial charge in [-0.2, -0.15) is 18.4 Å². The molecule has 0 aliphatic carbocycles. The number of H-pyrrole nitrogens is 1. The summed E-state index contributed by atoms with van der Waals surface area (Å²) in [4.78, 5) is 15.3. The van der Waals surface area contributed by atoms with Crippen LogP contribution < -0.4 is 5.32 Å². The predicted molar refractivity (Wildman–Crippen MR) is 85.8 cm³/mol. The summed E-state index contributed by atoms with van der Waals surface area (Å²) in [6, 6.07) is 10.3. The van der Waals surface area contributed by atoms with Crippen LogP contribution in [0.4, 0.5) is 18.9 Å². The van der Waals surface area contributed by atoms with E-state index in [9.17, 15) is 18.0 Å². The summed E-state index contributed by atoms with van der Waals surface area (Å²) in [5.74, 6) is -0.317. The Bertz CT molecular complexity index is 1070. The molecule has 0 fully saturated rings. The van der Waals surface area contributed by atoms with Crippen LogP contribution in [0.2, 0.25) is 0 Å². The van der Waals surface area contributed by atoms with Crippen LogP contribution in [0.25, 0.3) is 22.2 Å². The Labute approximate surface area is 139 Å². The van der Waals surface area contributed by atoms with Gasteiger partial charge in [-0.1, -0.05) is 0 Å². The van der Waals surface area contributed by atoms with Crippen molar-refractivity contribution in [2.75, 3.05) is 5.32 Å². The number of rotatable bonds is 0. The van der Waals surface area contributed by atoms with Gasteiger partial charge in [-0.05, 0) is 42.0 Å². The summed E-state index contributed by atoms with van der Waals surface area (Å²) in [5.41, 5.74) is 2.30. The van der Waals surface area contributed by atoms with Crippen molar-refractivity contribution in [1.29, 1.82) is 5.26 Å². The van der Waals surface area contributed by atoms with Gasteiger partial charge >= 0.3 is 6.18 Å². The number of nitrogens with zero attached hydrogens (tertiary/aromatic N) is 1. The van der Waals surface area contributed by atoms with Crippen LogP contribution in [0.15, 0.2) is 36.4 Å². The van der Waals surface area contributed by atoms with Gasteiger partial charge in [-0.3, -0.25) is 4.79 Å². The highest BCUT2D eigenvalue weighted by Crippen LogP contribution is 2.40. The number of hydrogen-bond acceptors (Lipinski definition) is 2. The van der Waals surface area contributed by atoms with Gasteiger partial charge in [-0.25, -0.2) is 0 Å². The van der Waals surface area contributed by atoms with Gasteiger partial charge in [0.1, 0.15) is 0 Å². The first-order chi connectivity index (χ1) is 11.9. The predicted octanol–water partition coefficient (Wildman–Crippen LogP) is 4.22. The molecule has 1 amide bonds. The molecular formula is C18H10F3N3O. The maximum Gasteiger partial charge on any atom is 0.416 e. The Hall–Kier alpha value is -3.27. The van der Waals surface area contributed by atoms with E-state index >= 15 is 0 Å². The SMILES string of the molecule is N#Cc1ccc2c(c1)-c1[nH]c3ccc(C(F)(F)F)cc3c1CC(=O)N2. The molecule has 2 aromatic carbocycles. The molecule has 124 valence electrons. The second kappa shape index (κ2) is 5.11. The number of alkyl halides is 3. The molecule has 25 heavy (non-hydrogen) atoms. The number of aromatic amines is 1. The van der Waals surface area contributed by atoms with Gasteiger partial charge in [0.15, 0.2) is 0 Å². The molecule has 0 radical (unpaired) electrons. The molecule has 7 heteroatoms. The third-order valence-corrected chi connectivity index (χ3v) is 4.26. The van der Waals surface area contributed by atoms with E-state index in [1.54, 1.807) is 18.2 Å². The average molecular weight is 341 g/mol. The molecule has 2 heterocycles. The number of fused-ring (bicyclic) bond motifs is 5. The number of amides is 1. The Morgan fingerprint density at radius 2 is 1.92 bits per heavy atom. The van der Waals surface area contributed by atoms with Crippen molar-refractivity contribution in [2.24, 2.45) is 0 Å². The number of nitriles is 1. The number of anilines is 1. The van der Waals surface area contributed by atoms with Gasteiger partial charge in [0.25, 0.3) is 0 Å². The van der Waals surface area contributed by atoms with E-state index in [0.717, 1.165) is 12.1 Å². The van der Waals surface area contributed by atoms with Gasteiger partial charge in [0.2, 0.25) is 5.91 Å². The highest BCUT2D eigenvalue weighted by molar-refractivity contribution is 6.05. The second-order valence-corrected chi connectivity index (χ2v) is 5.83. The molecule has 0 unspecified atom stereocenters. The number of aromatic nitrogens is 1. The molecule has 0 saturated carbocycles. The lowest BCUT2D eigenvalue weighted by molar-refractivity contribution is -0.137. The summed E-state index contributed by atoms with van der Waals surface area (Å²) < 4.78 is 39.1. The van der Waals surface area contributed by atoms with Crippen molar-refractivity contribution in [3.8, 4) is 17.3 Å². The van der Waals surface area contributed by atoms with E-state index < -0.39 is 11.7 Å². The summed E-state index contributed by atoms with van der Waals surface area (Å²) in [7, 11) is 0. The van der Waals surface area contributed by atoms with Crippen molar-refractivity contribution < 1.29 is 18.0 Å². The number of hydrogen-bond donors (Lipinski definition) is 2. The average Bonchev–Trinajstić information content (AvgIpc) is 2.85. The second-order valence-electron chi connectivity index (χ2n) is 5.83. The number of halogens is 3. The number of nitrogens with one attached hydrogen (secondary N) is 2. The lowest BCUT2D eigenvalue weighted by Gasteiger charge is -2.07. The Morgan fingerprint density at radius 1 is 1.12 bits per heavy atom. The van der Waals surface area contributed by atoms with Gasteiger partial charge in [0.05, 0.1) is 35.0 Å². The maximum atomic E-state index is 13.0. The van der Waals surface area contributed by atoms with E-state index in [0.29, 0.717) is 39.0 Å². The first-order valence-electron chi connectivity index (χ1n) is 7.43. The minimum atomic E-state index is -4.46. The monoisotopic (exact) mass is 341 g/mol. The fourth-order valence-electron chi connectivity index (χ4n) is 3.12. The van der Waals surface area contributed by atoms with Gasteiger partial charge in [0, 0.05) is 16.5 Å². The fourth-order valence-corrected chi connectivity index (χ4v) is 3.12. The van der Waals surface area contributed by atoms with E-state index in [4.69, 9.17) is 5.26 Å². The lowest BCUT2D eigenvalue weighted by Crippen LogP contribution is -2.12. The van der Waals surface area contributed by atoms with Crippen LogP contribution in [0.1, 0.15) is 16.7 Å². The standard InChI is InChI=1S/C18H10F3N3O/c19-18(20,21)10-2-4-14-11(6-10)12-7-16(25)23-15-3-1-9(8-22)5-13(15)17(12)24-14/h1-6,24H,7H2,(H,23,25). The molecule has 1 aliphatic rings. The molecular weight excluding hydrogens is 331 g/mol. The zero-order chi connectivity index (χ0) is 17.8. The van der Waals surface area contributed by atoms with Crippen LogP contribution in [-0.2, 0) is 17.4 Å². The van der Waals surface area contributed by atoms with Gasteiger partial charge in [-0.15, -0.1) is 0 Å². The number of carbonyl (C=O) groups is 1. The van der Waals surface area contributed by atoms with Gasteiger partial charge < -0.3 is 10.3 Å². The third kappa shape index (κ3) is 2.43. The van der Waals surface area contributed by atoms with Crippen molar-refractivity contribution in [3.05, 3.63) is 53.1 Å². The summed E-state index contributed by atoms with van der Waals surface area (Å²) >= 11 is 0. The topological polar surface area (TPSA) is 68.7 Å². The third-order valence-electron chi connectivity index (χ3n) is 4.26. The molecule has 0 saturated heterocycles. The molecule has 1 aromatic heterocycles. The van der Waals surface area contributed by atoms with E-state index in [-0.39, 0.29) is 12.3 Å². The zero-order valence-electron chi connectivity index (χ0n) is 12.7. The van der Waals surface area contributed by atoms with E-state index in [1.807, 2.05) is 6.07 Å². The smallest absolute Gasteiger partial charge is 0.354 e. The molecule has 3 aromatic rings. The minimum absolute atomic E-state index is 0.0484. The fraction of sp³-hybridized carbons (Fsp3) is 0.111. The molecule has 0 atom stereocenters. The first-order valence-corrected chi connectivity index (χ1v) is 7.43. The highest BCUT2D eigenvalue weighted by atomic mass is 19.4. The van der Waals surface area contributed by atoms with Crippen molar-refractivity contribution in [2.45, 2.75) is 12.6 Å². The number of benzene rings is 2. The lowest BCUT2D eigenvalue weighted by atomic mass is 10.0. The van der Waals surface area contributed by atoms with Crippen molar-refractivity contribution >= 4 is 22.5 Å². The van der Waals surface area contributed by atoms with Crippen molar-refractivity contribution in [3.63, 3.8) is 0 Å². The molecule has 4 rings (SSSR count). The minimum Gasteiger partial charge on any atom is -0.354 e. The zero-order valence-corrected chi connectivity index (χ0v) is 12.7. The maximum absolute atomic E-state index is 13.0. The number of carbonyl (C=O) groups excluding carboxylic acids is 1. The quantitative estimate of drug-likeness (QED) is 0.643. The summed E-state index contributed by atoms with van der Waals surface area (Å²) in [6.45, 7) is 0. The Kier molecular flexibility index (Phi) is 3.12. The normalized spacial score (nSPS) is 13.6. The van der Waals surface area contributed by atoms with Crippen molar-refractivity contribution in [1.82, 2.24) is 4.98 Å². The largest absolute Gasteiger partial charge is 0.416 e. The molecule has 0 spiro atoms. The summed E-state index contributed by atoms with van der Waals surface area (Å²) in [6.07, 6.45) is -4.51. The Balaban J connectivity index is 2.03. The van der Waals surface area contributed by atoms with Crippen LogP contribution in [-0.4, -0.2) is 10.9 Å². The van der Waals surface area contributed by atoms with E-state index in [2.05, 4.69) is 10.3 Å². The van der Waals surface area contributed by atoms with Crippen LogP contribution in [0.3, 0.4) is 0 Å². The molecule has 1 aliphatic heterocycles. The molecule has 2 N–H and O–H groups in total. The van der Waals surface area contributed by atoms with Crippen LogP contribution >= 0.6 is 0 Å². The molecule has 0 bridgehead atoms. The van der Waals surface area contributed by atoms with Crippen LogP contribution in [0, 0.1) is 11.3 Å². The summed E-state index contributed by atoms with van der Waals surface area (Å²) in [5, 5.41) is 12.2. The molecule has 4 nitrogen and oxygen atoms in total.